The van der Waals surface area contributed by atoms with E-state index in [0.29, 0.717) is 23.4 Å². The van der Waals surface area contributed by atoms with Crippen molar-refractivity contribution < 1.29 is 14.6 Å². The van der Waals surface area contributed by atoms with Crippen LogP contribution in [0, 0.1) is 5.41 Å². The molecule has 28 heavy (non-hydrogen) atoms. The highest BCUT2D eigenvalue weighted by molar-refractivity contribution is 5.97. The van der Waals surface area contributed by atoms with E-state index in [1.54, 1.807) is 42.5 Å². The summed E-state index contributed by atoms with van der Waals surface area (Å²) in [5, 5.41) is 16.1. The van der Waals surface area contributed by atoms with Gasteiger partial charge in [-0.2, -0.15) is 0 Å². The number of likely N-dealkylation sites (N-methyl/N-ethyl adjacent to an activating group) is 1. The first-order valence-corrected chi connectivity index (χ1v) is 8.76. The number of para-hydroxylation sites is 1. The van der Waals surface area contributed by atoms with E-state index in [1.165, 1.54) is 6.07 Å². The third kappa shape index (κ3) is 8.75. The number of ether oxygens (including phenoxy) is 1. The predicted molar refractivity (Wildman–Crippen MR) is 115 cm³/mol. The quantitative estimate of drug-likeness (QED) is 0.241. The van der Waals surface area contributed by atoms with Gasteiger partial charge in [-0.1, -0.05) is 26.0 Å². The zero-order valence-electron chi connectivity index (χ0n) is 16.2. The minimum absolute atomic E-state index is 0. The van der Waals surface area contributed by atoms with E-state index in [-0.39, 0.29) is 30.0 Å². The van der Waals surface area contributed by atoms with Gasteiger partial charge in [0, 0.05) is 12.2 Å². The van der Waals surface area contributed by atoms with Gasteiger partial charge in [0.25, 0.3) is 0 Å². The van der Waals surface area contributed by atoms with Crippen molar-refractivity contribution in [3.8, 4) is 5.75 Å². The standard InChI is InChI=1S/C13H20N2O2.C7H8N2O.ClH/c1-3-15(4-2)9-10-17-13(16)11-5-7-12(14)8-6-11;8-7(9)5-3-1-2-4-6(5)10;/h5-8H,3-4,9-10,14H2,1-2H3;1-4,10H,(H3,8,9);1H. The normalized spacial score (nSPS) is 9.68. The van der Waals surface area contributed by atoms with Gasteiger partial charge in [-0.05, 0) is 49.5 Å². The molecule has 0 saturated carbocycles. The van der Waals surface area contributed by atoms with Gasteiger partial charge < -0.3 is 26.2 Å². The molecule has 0 unspecified atom stereocenters. The van der Waals surface area contributed by atoms with Gasteiger partial charge in [-0.3, -0.25) is 5.41 Å². The Bertz CT molecular complexity index is 734. The lowest BCUT2D eigenvalue weighted by Gasteiger charge is -2.17. The Labute approximate surface area is 172 Å². The molecule has 154 valence electrons. The summed E-state index contributed by atoms with van der Waals surface area (Å²) in [6.07, 6.45) is 0. The van der Waals surface area contributed by atoms with Crippen LogP contribution in [0.5, 0.6) is 5.75 Å². The first-order valence-electron chi connectivity index (χ1n) is 8.76. The number of nitrogens with one attached hydrogen (secondary N) is 1. The Morgan fingerprint density at radius 1 is 1.11 bits per heavy atom. The van der Waals surface area contributed by atoms with Gasteiger partial charge in [0.15, 0.2) is 0 Å². The van der Waals surface area contributed by atoms with Crippen LogP contribution in [0.4, 0.5) is 5.69 Å². The number of carbonyl (C=O) groups excluding carboxylic acids is 1. The van der Waals surface area contributed by atoms with Gasteiger partial charge in [-0.15, -0.1) is 12.4 Å². The zero-order valence-corrected chi connectivity index (χ0v) is 17.0. The monoisotopic (exact) mass is 408 g/mol. The lowest BCUT2D eigenvalue weighted by Crippen LogP contribution is -2.27. The van der Waals surface area contributed by atoms with Crippen molar-refractivity contribution in [2.45, 2.75) is 13.8 Å². The molecule has 2 rings (SSSR count). The van der Waals surface area contributed by atoms with Crippen LogP contribution < -0.4 is 11.5 Å². The first kappa shape index (κ1) is 25.2. The molecular formula is C20H29ClN4O3. The molecule has 0 aliphatic carbocycles. The number of phenols is 1. The van der Waals surface area contributed by atoms with E-state index in [0.717, 1.165) is 19.6 Å². The largest absolute Gasteiger partial charge is 0.507 e. The fraction of sp³-hybridized carbons (Fsp3) is 0.300. The maximum Gasteiger partial charge on any atom is 0.338 e. The minimum atomic E-state index is -0.294. The molecule has 0 aliphatic rings. The highest BCUT2D eigenvalue weighted by Crippen LogP contribution is 2.13. The number of amidine groups is 1. The van der Waals surface area contributed by atoms with Crippen molar-refractivity contribution in [1.82, 2.24) is 4.90 Å². The molecule has 0 heterocycles. The van der Waals surface area contributed by atoms with Crippen LogP contribution in [0.2, 0.25) is 0 Å². The van der Waals surface area contributed by atoms with Crippen LogP contribution in [0.25, 0.3) is 0 Å². The fourth-order valence-electron chi connectivity index (χ4n) is 2.21. The summed E-state index contributed by atoms with van der Waals surface area (Å²) in [5.74, 6) is -0.356. The molecule has 0 fully saturated rings. The van der Waals surface area contributed by atoms with E-state index in [1.807, 2.05) is 0 Å². The van der Waals surface area contributed by atoms with Crippen molar-refractivity contribution in [2.24, 2.45) is 5.73 Å². The van der Waals surface area contributed by atoms with E-state index < -0.39 is 0 Å². The Morgan fingerprint density at radius 3 is 2.14 bits per heavy atom. The van der Waals surface area contributed by atoms with Crippen molar-refractivity contribution >= 4 is 29.9 Å². The van der Waals surface area contributed by atoms with Crippen LogP contribution in [-0.2, 0) is 4.74 Å². The van der Waals surface area contributed by atoms with Crippen molar-refractivity contribution in [1.29, 1.82) is 5.41 Å². The molecule has 6 N–H and O–H groups in total. The van der Waals surface area contributed by atoms with Gasteiger partial charge in [0.1, 0.15) is 18.2 Å². The molecule has 0 atom stereocenters. The molecule has 0 aliphatic heterocycles. The van der Waals surface area contributed by atoms with E-state index >= 15 is 0 Å². The van der Waals surface area contributed by atoms with E-state index in [2.05, 4.69) is 18.7 Å². The SMILES string of the molecule is CCN(CC)CCOC(=O)c1ccc(N)cc1.Cl.N=C(N)c1ccccc1O. The number of nitrogen functional groups attached to an aromatic ring is 2. The summed E-state index contributed by atoms with van der Waals surface area (Å²) in [7, 11) is 0. The average Bonchev–Trinajstić information content (AvgIpc) is 2.66. The third-order valence-corrected chi connectivity index (χ3v) is 3.88. The number of carbonyl (C=O) groups is 1. The highest BCUT2D eigenvalue weighted by atomic mass is 35.5. The third-order valence-electron chi connectivity index (χ3n) is 3.88. The Balaban J connectivity index is 0.000000567. The van der Waals surface area contributed by atoms with E-state index in [9.17, 15) is 4.79 Å². The molecule has 0 amide bonds. The molecule has 7 nitrogen and oxygen atoms in total. The number of anilines is 1. The molecule has 8 heteroatoms. The second kappa shape index (κ2) is 13.4. The van der Waals surface area contributed by atoms with Gasteiger partial charge in [0.05, 0.1) is 11.1 Å². The second-order valence-electron chi connectivity index (χ2n) is 5.72. The Morgan fingerprint density at radius 2 is 1.68 bits per heavy atom. The van der Waals surface area contributed by atoms with Crippen molar-refractivity contribution in [2.75, 3.05) is 32.0 Å². The summed E-state index contributed by atoms with van der Waals surface area (Å²) < 4.78 is 5.18. The topological polar surface area (TPSA) is 126 Å². The molecule has 0 aromatic heterocycles. The van der Waals surface area contributed by atoms with Crippen molar-refractivity contribution in [3.05, 3.63) is 59.7 Å². The summed E-state index contributed by atoms with van der Waals surface area (Å²) in [4.78, 5) is 13.8. The summed E-state index contributed by atoms with van der Waals surface area (Å²) in [6.45, 7) is 7.31. The Hall–Kier alpha value is -2.77. The first-order chi connectivity index (χ1) is 12.9. The van der Waals surface area contributed by atoms with Gasteiger partial charge in [0.2, 0.25) is 0 Å². The number of phenolic OH excluding ortho intramolecular Hbond substituents is 1. The van der Waals surface area contributed by atoms with Crippen molar-refractivity contribution in [3.63, 3.8) is 0 Å². The second-order valence-corrected chi connectivity index (χ2v) is 5.72. The van der Waals surface area contributed by atoms with E-state index in [4.69, 9.17) is 26.7 Å². The average molecular weight is 409 g/mol. The number of halogens is 1. The van der Waals surface area contributed by atoms with Crippen LogP contribution in [0.3, 0.4) is 0 Å². The zero-order chi connectivity index (χ0) is 20.2. The molecule has 0 radical (unpaired) electrons. The van der Waals surface area contributed by atoms with Crippen LogP contribution in [0.15, 0.2) is 48.5 Å². The molecular weight excluding hydrogens is 380 g/mol. The van der Waals surface area contributed by atoms with Gasteiger partial charge >= 0.3 is 5.97 Å². The number of aromatic hydroxyl groups is 1. The summed E-state index contributed by atoms with van der Waals surface area (Å²) >= 11 is 0. The number of nitrogens with two attached hydrogens (primary N) is 2. The number of esters is 1. The summed E-state index contributed by atoms with van der Waals surface area (Å²) in [6, 6.07) is 13.2. The van der Waals surface area contributed by atoms with Crippen LogP contribution in [-0.4, -0.2) is 48.1 Å². The molecule has 0 spiro atoms. The number of hydrogen-bond acceptors (Lipinski definition) is 6. The number of rotatable bonds is 7. The van der Waals surface area contributed by atoms with Gasteiger partial charge in [-0.25, -0.2) is 4.79 Å². The molecule has 0 saturated heterocycles. The smallest absolute Gasteiger partial charge is 0.338 e. The molecule has 0 bridgehead atoms. The summed E-state index contributed by atoms with van der Waals surface area (Å²) in [5.41, 5.74) is 12.2. The lowest BCUT2D eigenvalue weighted by atomic mass is 10.2. The maximum atomic E-state index is 11.6. The number of hydrogen-bond donors (Lipinski definition) is 4. The van der Waals surface area contributed by atoms with Crippen LogP contribution >= 0.6 is 12.4 Å². The highest BCUT2D eigenvalue weighted by Gasteiger charge is 2.07. The fourth-order valence-corrected chi connectivity index (χ4v) is 2.21. The maximum absolute atomic E-state index is 11.6. The molecule has 2 aromatic carbocycles. The lowest BCUT2D eigenvalue weighted by molar-refractivity contribution is 0.0466. The predicted octanol–water partition coefficient (Wildman–Crippen LogP) is 2.87. The molecule has 2 aromatic rings. The number of nitrogens with zero attached hydrogens (tertiary/aromatic N) is 1. The minimum Gasteiger partial charge on any atom is -0.507 e. The number of benzene rings is 2. The van der Waals surface area contributed by atoms with Crippen LogP contribution in [0.1, 0.15) is 29.8 Å². The Kier molecular flexibility index (Phi) is 12.1.